The second-order valence-electron chi connectivity index (χ2n) is 1.73. The molecular weight excluding hydrogens is 159 g/mol. The molecule has 0 aromatic rings. The van der Waals surface area contributed by atoms with Crippen molar-refractivity contribution in [2.45, 2.75) is 6.29 Å². The van der Waals surface area contributed by atoms with Crippen molar-refractivity contribution in [2.24, 2.45) is 0 Å². The lowest BCUT2D eigenvalue weighted by Gasteiger charge is -2.22. The van der Waals surface area contributed by atoms with Gasteiger partial charge in [0.05, 0.1) is 19.8 Å². The maximum absolute atomic E-state index is 8.37. The van der Waals surface area contributed by atoms with Gasteiger partial charge in [-0.1, -0.05) is 0 Å². The fourth-order valence-corrected chi connectivity index (χ4v) is 0.964. The van der Waals surface area contributed by atoms with Crippen molar-refractivity contribution in [3.63, 3.8) is 0 Å². The number of ether oxygens (including phenoxy) is 2. The van der Waals surface area contributed by atoms with E-state index in [2.05, 4.69) is 4.52 Å². The summed E-state index contributed by atoms with van der Waals surface area (Å²) in [5.74, 6) is 0. The Morgan fingerprint density at radius 2 is 2.20 bits per heavy atom. The van der Waals surface area contributed by atoms with Gasteiger partial charge in [-0.05, 0) is 0 Å². The minimum absolute atomic E-state index is 0.264. The van der Waals surface area contributed by atoms with Crippen LogP contribution in [0.5, 0.6) is 0 Å². The zero-order valence-corrected chi connectivity index (χ0v) is 6.16. The second kappa shape index (κ2) is 4.18. The van der Waals surface area contributed by atoms with Gasteiger partial charge < -0.3 is 19.3 Å². The van der Waals surface area contributed by atoms with Crippen LogP contribution in [0.4, 0.5) is 0 Å². The van der Waals surface area contributed by atoms with Crippen molar-refractivity contribution in [3.8, 4) is 0 Å². The molecule has 1 heterocycles. The van der Waals surface area contributed by atoms with Crippen LogP contribution in [0.3, 0.4) is 0 Å². The molecule has 10 heavy (non-hydrogen) atoms. The van der Waals surface area contributed by atoms with Crippen LogP contribution in [0.15, 0.2) is 0 Å². The van der Waals surface area contributed by atoms with Crippen LogP contribution in [0.2, 0.25) is 0 Å². The third kappa shape index (κ3) is 2.88. The van der Waals surface area contributed by atoms with Gasteiger partial charge in [-0.2, -0.15) is 0 Å². The summed E-state index contributed by atoms with van der Waals surface area (Å²) in [5, 5.41) is 0. The first-order valence-corrected chi connectivity index (χ1v) is 3.99. The molecule has 0 aliphatic carbocycles. The molecule has 0 aromatic carbocycles. The Bertz CT molecular complexity index is 91.6. The molecule has 1 fully saturated rings. The standard InChI is InChI=1S/C4H9O5P/c5-10(6)9-4-3-7-1-2-8-4/h4-6H,1-3H2. The normalized spacial score (nSPS) is 27.3. The van der Waals surface area contributed by atoms with Gasteiger partial charge in [0, 0.05) is 0 Å². The first kappa shape index (κ1) is 8.33. The topological polar surface area (TPSA) is 68.2 Å². The van der Waals surface area contributed by atoms with E-state index in [1.165, 1.54) is 0 Å². The third-order valence-corrected chi connectivity index (χ3v) is 1.42. The molecule has 0 amide bonds. The summed E-state index contributed by atoms with van der Waals surface area (Å²) in [6.07, 6.45) is -0.616. The van der Waals surface area contributed by atoms with Gasteiger partial charge in [0.2, 0.25) is 0 Å². The first-order valence-electron chi connectivity index (χ1n) is 2.83. The molecule has 5 nitrogen and oxygen atoms in total. The van der Waals surface area contributed by atoms with Crippen LogP contribution < -0.4 is 0 Å². The summed E-state index contributed by atoms with van der Waals surface area (Å²) in [6.45, 7) is 1.24. The lowest BCUT2D eigenvalue weighted by atomic mass is 10.6. The Balaban J connectivity index is 2.13. The van der Waals surface area contributed by atoms with Gasteiger partial charge in [0.15, 0.2) is 6.29 Å². The Kier molecular flexibility index (Phi) is 3.48. The molecule has 6 heteroatoms. The van der Waals surface area contributed by atoms with Crippen molar-refractivity contribution in [1.82, 2.24) is 0 Å². The van der Waals surface area contributed by atoms with Crippen molar-refractivity contribution in [2.75, 3.05) is 19.8 Å². The second-order valence-corrected chi connectivity index (χ2v) is 2.45. The Morgan fingerprint density at radius 3 is 2.70 bits per heavy atom. The molecule has 1 aliphatic rings. The quantitative estimate of drug-likeness (QED) is 0.548. The number of hydrogen-bond acceptors (Lipinski definition) is 5. The fourth-order valence-electron chi connectivity index (χ4n) is 0.632. The summed E-state index contributed by atoms with van der Waals surface area (Å²) in [6, 6.07) is 0. The van der Waals surface area contributed by atoms with Crippen LogP contribution in [-0.2, 0) is 14.0 Å². The Hall–Kier alpha value is 0.230. The van der Waals surface area contributed by atoms with Crippen molar-refractivity contribution in [3.05, 3.63) is 0 Å². The highest BCUT2D eigenvalue weighted by molar-refractivity contribution is 7.39. The van der Waals surface area contributed by atoms with E-state index in [0.717, 1.165) is 0 Å². The maximum Gasteiger partial charge on any atom is 0.329 e. The average molecular weight is 168 g/mol. The van der Waals surface area contributed by atoms with Gasteiger partial charge in [-0.25, -0.2) is 0 Å². The molecule has 0 spiro atoms. The maximum atomic E-state index is 8.37. The van der Waals surface area contributed by atoms with Gasteiger partial charge in [-0.15, -0.1) is 0 Å². The summed E-state index contributed by atoms with van der Waals surface area (Å²) in [4.78, 5) is 16.7. The highest BCUT2D eigenvalue weighted by atomic mass is 31.2. The van der Waals surface area contributed by atoms with Crippen molar-refractivity contribution < 1.29 is 23.8 Å². The SMILES string of the molecule is OP(O)OC1COCCO1. The zero-order chi connectivity index (χ0) is 7.40. The predicted molar refractivity (Wildman–Crippen MR) is 33.0 cm³/mol. The molecule has 1 unspecified atom stereocenters. The summed E-state index contributed by atoms with van der Waals surface area (Å²) < 4.78 is 14.4. The minimum Gasteiger partial charge on any atom is -0.374 e. The molecule has 0 saturated carbocycles. The minimum atomic E-state index is -2.33. The van der Waals surface area contributed by atoms with Gasteiger partial charge in [0.1, 0.15) is 0 Å². The van der Waals surface area contributed by atoms with E-state index in [4.69, 9.17) is 19.3 Å². The highest BCUT2D eigenvalue weighted by Crippen LogP contribution is 2.27. The molecule has 1 atom stereocenters. The van der Waals surface area contributed by atoms with Crippen LogP contribution in [0.1, 0.15) is 0 Å². The van der Waals surface area contributed by atoms with Gasteiger partial charge >= 0.3 is 8.60 Å². The molecule has 0 radical (unpaired) electrons. The Morgan fingerprint density at radius 1 is 1.40 bits per heavy atom. The predicted octanol–water partition coefficient (Wildman–Crippen LogP) is -0.413. The van der Waals surface area contributed by atoms with Gasteiger partial charge in [-0.3, -0.25) is 4.52 Å². The van der Waals surface area contributed by atoms with E-state index in [1.807, 2.05) is 0 Å². The lowest BCUT2D eigenvalue weighted by molar-refractivity contribution is -0.173. The van der Waals surface area contributed by atoms with E-state index in [1.54, 1.807) is 0 Å². The van der Waals surface area contributed by atoms with E-state index >= 15 is 0 Å². The summed E-state index contributed by atoms with van der Waals surface area (Å²) >= 11 is 0. The largest absolute Gasteiger partial charge is 0.374 e. The zero-order valence-electron chi connectivity index (χ0n) is 5.27. The van der Waals surface area contributed by atoms with Crippen LogP contribution in [-0.4, -0.2) is 35.9 Å². The monoisotopic (exact) mass is 168 g/mol. The Labute approximate surface area is 59.5 Å². The molecule has 0 bridgehead atoms. The molecule has 1 aliphatic heterocycles. The van der Waals surface area contributed by atoms with Crippen molar-refractivity contribution in [1.29, 1.82) is 0 Å². The van der Waals surface area contributed by atoms with Crippen LogP contribution in [0.25, 0.3) is 0 Å². The third-order valence-electron chi connectivity index (χ3n) is 0.997. The van der Waals surface area contributed by atoms with E-state index in [-0.39, 0.29) is 6.61 Å². The number of rotatable bonds is 2. The van der Waals surface area contributed by atoms with E-state index in [0.29, 0.717) is 13.2 Å². The smallest absolute Gasteiger partial charge is 0.329 e. The van der Waals surface area contributed by atoms with E-state index < -0.39 is 14.9 Å². The molecule has 1 saturated heterocycles. The lowest BCUT2D eigenvalue weighted by Crippen LogP contribution is -2.29. The van der Waals surface area contributed by atoms with Crippen molar-refractivity contribution >= 4 is 8.60 Å². The molecule has 1 rings (SSSR count). The van der Waals surface area contributed by atoms with E-state index in [9.17, 15) is 0 Å². The van der Waals surface area contributed by atoms with Crippen LogP contribution >= 0.6 is 8.60 Å². The average Bonchev–Trinajstić information content (AvgIpc) is 1.88. The van der Waals surface area contributed by atoms with Crippen LogP contribution in [0, 0.1) is 0 Å². The fraction of sp³-hybridized carbons (Fsp3) is 1.00. The molecule has 0 aromatic heterocycles. The molecule has 60 valence electrons. The first-order chi connectivity index (χ1) is 4.79. The molecular formula is C4H9O5P. The number of hydrogen-bond donors (Lipinski definition) is 2. The summed E-state index contributed by atoms with van der Waals surface area (Å²) in [5.41, 5.74) is 0. The highest BCUT2D eigenvalue weighted by Gasteiger charge is 2.17. The van der Waals surface area contributed by atoms with Gasteiger partial charge in [0.25, 0.3) is 0 Å². The molecule has 2 N–H and O–H groups in total. The summed E-state index contributed by atoms with van der Waals surface area (Å²) in [7, 11) is -2.33.